The van der Waals surface area contributed by atoms with Crippen LogP contribution in [0, 0.1) is 12.8 Å². The number of anilines is 1. The Hall–Kier alpha value is -1.69. The van der Waals surface area contributed by atoms with Crippen molar-refractivity contribution in [3.63, 3.8) is 0 Å². The van der Waals surface area contributed by atoms with Gasteiger partial charge in [0.05, 0.1) is 5.69 Å². The Morgan fingerprint density at radius 2 is 2.04 bits per heavy atom. The number of fused-ring (bicyclic) bond motifs is 1. The average molecular weight is 329 g/mol. The largest absolute Gasteiger partial charge is 0.365 e. The summed E-state index contributed by atoms with van der Waals surface area (Å²) in [4.78, 5) is 11.2. The van der Waals surface area contributed by atoms with Gasteiger partial charge in [-0.25, -0.2) is 4.98 Å². The van der Waals surface area contributed by atoms with E-state index in [0.717, 1.165) is 29.4 Å². The number of piperidine rings is 1. The second kappa shape index (κ2) is 7.05. The molecule has 2 aromatic heterocycles. The lowest BCUT2D eigenvalue weighted by molar-refractivity contribution is 0.166. The molecule has 0 spiro atoms. The van der Waals surface area contributed by atoms with Gasteiger partial charge >= 0.3 is 0 Å². The van der Waals surface area contributed by atoms with Crippen LogP contribution in [0.15, 0.2) is 10.9 Å². The lowest BCUT2D eigenvalue weighted by atomic mass is 9.88. The molecule has 0 bridgehead atoms. The summed E-state index contributed by atoms with van der Waals surface area (Å²) < 4.78 is 5.25. The van der Waals surface area contributed by atoms with Crippen molar-refractivity contribution in [2.45, 2.75) is 57.9 Å². The zero-order valence-corrected chi connectivity index (χ0v) is 14.5. The van der Waals surface area contributed by atoms with E-state index >= 15 is 0 Å². The lowest BCUT2D eigenvalue weighted by Crippen LogP contribution is -2.44. The van der Waals surface area contributed by atoms with Crippen LogP contribution in [-0.2, 0) is 0 Å². The standard InChI is InChI=1S/C18H27N5O/c1-13-16-17(19-12-20-18(16)24-22-13)21-15-8-5-9-23(11-15)10-14-6-3-2-4-7-14/h12,14-15H,2-11H2,1H3,(H,19,20,21)/t15-/m1/s1. The van der Waals surface area contributed by atoms with Crippen molar-refractivity contribution in [3.8, 4) is 0 Å². The molecule has 1 aliphatic heterocycles. The van der Waals surface area contributed by atoms with E-state index in [2.05, 4.69) is 25.3 Å². The zero-order valence-electron chi connectivity index (χ0n) is 14.5. The number of hydrogen-bond donors (Lipinski definition) is 1. The maximum atomic E-state index is 5.25. The third-order valence-corrected chi connectivity index (χ3v) is 5.53. The number of nitrogens with one attached hydrogen (secondary N) is 1. The van der Waals surface area contributed by atoms with Crippen LogP contribution in [0.5, 0.6) is 0 Å². The molecule has 3 heterocycles. The van der Waals surface area contributed by atoms with E-state index in [0.29, 0.717) is 11.8 Å². The van der Waals surface area contributed by atoms with E-state index in [-0.39, 0.29) is 0 Å². The van der Waals surface area contributed by atoms with E-state index in [1.807, 2.05) is 6.92 Å². The minimum Gasteiger partial charge on any atom is -0.365 e. The molecule has 6 nitrogen and oxygen atoms in total. The summed E-state index contributed by atoms with van der Waals surface area (Å²) in [6.07, 6.45) is 11.1. The van der Waals surface area contributed by atoms with Gasteiger partial charge in [-0.3, -0.25) is 0 Å². The van der Waals surface area contributed by atoms with Crippen LogP contribution in [0.2, 0.25) is 0 Å². The summed E-state index contributed by atoms with van der Waals surface area (Å²) in [7, 11) is 0. The molecule has 2 aliphatic rings. The fourth-order valence-electron chi connectivity index (χ4n) is 4.30. The van der Waals surface area contributed by atoms with Crippen molar-refractivity contribution in [1.29, 1.82) is 0 Å². The Morgan fingerprint density at radius 1 is 1.17 bits per heavy atom. The molecular formula is C18H27N5O. The van der Waals surface area contributed by atoms with Gasteiger partial charge in [0.15, 0.2) is 0 Å². The highest BCUT2D eigenvalue weighted by Crippen LogP contribution is 2.27. The van der Waals surface area contributed by atoms with Crippen molar-refractivity contribution in [2.75, 3.05) is 25.0 Å². The molecule has 0 unspecified atom stereocenters. The molecular weight excluding hydrogens is 302 g/mol. The Balaban J connectivity index is 1.41. The quantitative estimate of drug-likeness (QED) is 0.927. The monoisotopic (exact) mass is 329 g/mol. The molecule has 6 heteroatoms. The van der Waals surface area contributed by atoms with Crippen LogP contribution in [-0.4, -0.2) is 45.7 Å². The van der Waals surface area contributed by atoms with Crippen LogP contribution < -0.4 is 5.32 Å². The van der Waals surface area contributed by atoms with E-state index in [9.17, 15) is 0 Å². The fourth-order valence-corrected chi connectivity index (χ4v) is 4.30. The molecule has 24 heavy (non-hydrogen) atoms. The van der Waals surface area contributed by atoms with Crippen molar-refractivity contribution >= 4 is 16.9 Å². The summed E-state index contributed by atoms with van der Waals surface area (Å²) in [6.45, 7) is 5.55. The Bertz CT molecular complexity index is 679. The molecule has 2 aromatic rings. The van der Waals surface area contributed by atoms with Crippen LogP contribution in [0.3, 0.4) is 0 Å². The molecule has 1 aliphatic carbocycles. The fraction of sp³-hybridized carbons (Fsp3) is 0.722. The summed E-state index contributed by atoms with van der Waals surface area (Å²) in [5, 5.41) is 8.56. The van der Waals surface area contributed by atoms with Gasteiger partial charge in [0.2, 0.25) is 0 Å². The van der Waals surface area contributed by atoms with E-state index in [1.54, 1.807) is 6.33 Å². The first-order valence-corrected chi connectivity index (χ1v) is 9.35. The highest BCUT2D eigenvalue weighted by Gasteiger charge is 2.24. The second-order valence-electron chi connectivity index (χ2n) is 7.42. The molecule has 4 rings (SSSR count). The Morgan fingerprint density at radius 3 is 2.92 bits per heavy atom. The predicted octanol–water partition coefficient (Wildman–Crippen LogP) is 3.38. The van der Waals surface area contributed by atoms with Crippen LogP contribution in [0.4, 0.5) is 5.82 Å². The summed E-state index contributed by atoms with van der Waals surface area (Å²) >= 11 is 0. The SMILES string of the molecule is Cc1noc2ncnc(N[C@@H]3CCCN(CC4CCCCC4)C3)c12. The molecule has 2 fully saturated rings. The minimum atomic E-state index is 0.440. The molecule has 1 saturated carbocycles. The van der Waals surface area contributed by atoms with Gasteiger partial charge in [-0.15, -0.1) is 0 Å². The first-order chi connectivity index (χ1) is 11.8. The van der Waals surface area contributed by atoms with E-state index < -0.39 is 0 Å². The highest BCUT2D eigenvalue weighted by molar-refractivity contribution is 5.87. The Kier molecular flexibility index (Phi) is 4.65. The normalized spacial score (nSPS) is 23.6. The number of hydrogen-bond acceptors (Lipinski definition) is 6. The van der Waals surface area contributed by atoms with Gasteiger partial charge in [0, 0.05) is 19.1 Å². The molecule has 1 N–H and O–H groups in total. The summed E-state index contributed by atoms with van der Waals surface area (Å²) in [5.41, 5.74) is 1.42. The first kappa shape index (κ1) is 15.8. The van der Waals surface area contributed by atoms with Gasteiger partial charge in [-0.05, 0) is 45.1 Å². The number of likely N-dealkylation sites (tertiary alicyclic amines) is 1. The molecule has 130 valence electrons. The van der Waals surface area contributed by atoms with Crippen LogP contribution in [0.1, 0.15) is 50.6 Å². The lowest BCUT2D eigenvalue weighted by Gasteiger charge is -2.36. The van der Waals surface area contributed by atoms with Crippen molar-refractivity contribution < 1.29 is 4.52 Å². The second-order valence-corrected chi connectivity index (χ2v) is 7.42. The molecule has 1 atom stereocenters. The van der Waals surface area contributed by atoms with Gasteiger partial charge in [-0.2, -0.15) is 4.98 Å². The van der Waals surface area contributed by atoms with Gasteiger partial charge in [0.1, 0.15) is 17.5 Å². The van der Waals surface area contributed by atoms with Crippen molar-refractivity contribution in [1.82, 2.24) is 20.0 Å². The van der Waals surface area contributed by atoms with E-state index in [1.165, 1.54) is 58.0 Å². The molecule has 0 amide bonds. The van der Waals surface area contributed by atoms with Crippen molar-refractivity contribution in [3.05, 3.63) is 12.0 Å². The summed E-state index contributed by atoms with van der Waals surface area (Å²) in [6, 6.07) is 0.440. The summed E-state index contributed by atoms with van der Waals surface area (Å²) in [5.74, 6) is 1.77. The van der Waals surface area contributed by atoms with Gasteiger partial charge in [0.25, 0.3) is 5.71 Å². The minimum absolute atomic E-state index is 0.440. The maximum absolute atomic E-state index is 5.25. The molecule has 0 radical (unpaired) electrons. The highest BCUT2D eigenvalue weighted by atomic mass is 16.5. The zero-order chi connectivity index (χ0) is 16.4. The number of rotatable bonds is 4. The maximum Gasteiger partial charge on any atom is 0.263 e. The topological polar surface area (TPSA) is 67.1 Å². The molecule has 1 saturated heterocycles. The van der Waals surface area contributed by atoms with Crippen LogP contribution >= 0.6 is 0 Å². The van der Waals surface area contributed by atoms with Gasteiger partial charge in [-0.1, -0.05) is 24.4 Å². The Labute approximate surface area is 143 Å². The van der Waals surface area contributed by atoms with Crippen molar-refractivity contribution in [2.24, 2.45) is 5.92 Å². The number of aryl methyl sites for hydroxylation is 1. The van der Waals surface area contributed by atoms with Crippen LogP contribution in [0.25, 0.3) is 11.1 Å². The average Bonchev–Trinajstić information content (AvgIpc) is 2.99. The predicted molar refractivity (Wildman–Crippen MR) is 94.0 cm³/mol. The first-order valence-electron chi connectivity index (χ1n) is 9.35. The molecule has 0 aromatic carbocycles. The number of aromatic nitrogens is 3. The third kappa shape index (κ3) is 3.38. The smallest absolute Gasteiger partial charge is 0.263 e. The third-order valence-electron chi connectivity index (χ3n) is 5.53. The van der Waals surface area contributed by atoms with E-state index in [4.69, 9.17) is 4.52 Å². The number of nitrogens with zero attached hydrogens (tertiary/aromatic N) is 4. The van der Waals surface area contributed by atoms with Gasteiger partial charge < -0.3 is 14.7 Å².